The molecule has 0 unspecified atom stereocenters. The molecule has 3 heteroatoms. The third-order valence-electron chi connectivity index (χ3n) is 4.06. The largest absolute Gasteiger partial charge is 0.467 e. The van der Waals surface area contributed by atoms with E-state index in [2.05, 4.69) is 4.90 Å². The van der Waals surface area contributed by atoms with E-state index in [0.717, 1.165) is 12.3 Å². The van der Waals surface area contributed by atoms with Crippen LogP contribution in [0.1, 0.15) is 44.0 Å². The number of furan rings is 1. The van der Waals surface area contributed by atoms with E-state index in [-0.39, 0.29) is 0 Å². The van der Waals surface area contributed by atoms with Gasteiger partial charge in [-0.3, -0.25) is 4.90 Å². The first-order valence-corrected chi connectivity index (χ1v) is 6.78. The number of aliphatic hydroxyl groups is 1. The lowest BCUT2D eigenvalue weighted by Gasteiger charge is -2.25. The third kappa shape index (κ3) is 2.72. The summed E-state index contributed by atoms with van der Waals surface area (Å²) in [6.45, 7) is 2.46. The molecule has 0 aromatic carbocycles. The Morgan fingerprint density at radius 3 is 3.00 bits per heavy atom. The fraction of sp³-hybridized carbons (Fsp3) is 0.714. The van der Waals surface area contributed by atoms with E-state index in [1.54, 1.807) is 6.26 Å². The lowest BCUT2D eigenvalue weighted by Crippen LogP contribution is -2.32. The molecule has 1 aromatic heterocycles. The monoisotopic (exact) mass is 235 g/mol. The van der Waals surface area contributed by atoms with E-state index >= 15 is 0 Å². The fourth-order valence-electron chi connectivity index (χ4n) is 2.89. The van der Waals surface area contributed by atoms with Gasteiger partial charge in [-0.2, -0.15) is 0 Å². The topological polar surface area (TPSA) is 36.6 Å². The van der Waals surface area contributed by atoms with Crippen molar-refractivity contribution in [1.29, 1.82) is 0 Å². The molecular formula is C14H21NO2. The van der Waals surface area contributed by atoms with Gasteiger partial charge >= 0.3 is 0 Å². The van der Waals surface area contributed by atoms with Gasteiger partial charge in [-0.15, -0.1) is 0 Å². The van der Waals surface area contributed by atoms with Crippen LogP contribution in [0, 0.1) is 5.92 Å². The molecule has 3 rings (SSSR count). The third-order valence-corrected chi connectivity index (χ3v) is 4.06. The van der Waals surface area contributed by atoms with Crippen molar-refractivity contribution >= 4 is 0 Å². The van der Waals surface area contributed by atoms with Crippen molar-refractivity contribution in [3.8, 4) is 0 Å². The molecule has 2 fully saturated rings. The molecule has 2 aliphatic rings. The molecule has 2 heterocycles. The second kappa shape index (κ2) is 4.83. The van der Waals surface area contributed by atoms with Crippen LogP contribution in [0.15, 0.2) is 22.8 Å². The number of hydrogen-bond acceptors (Lipinski definition) is 3. The maximum Gasteiger partial charge on any atom is 0.132 e. The van der Waals surface area contributed by atoms with Crippen LogP contribution < -0.4 is 0 Å². The molecule has 0 amide bonds. The van der Waals surface area contributed by atoms with E-state index in [9.17, 15) is 5.11 Å². The Morgan fingerprint density at radius 1 is 1.41 bits per heavy atom. The predicted octanol–water partition coefficient (Wildman–Crippen LogP) is 2.58. The van der Waals surface area contributed by atoms with Gasteiger partial charge in [0, 0.05) is 12.6 Å². The molecule has 1 saturated carbocycles. The van der Waals surface area contributed by atoms with Crippen LogP contribution in [0.4, 0.5) is 0 Å². The molecule has 94 valence electrons. The number of likely N-dealkylation sites (tertiary alicyclic amines) is 1. The summed E-state index contributed by atoms with van der Waals surface area (Å²) < 4.78 is 5.27. The van der Waals surface area contributed by atoms with Crippen molar-refractivity contribution in [2.45, 2.75) is 44.2 Å². The van der Waals surface area contributed by atoms with E-state index in [4.69, 9.17) is 4.42 Å². The number of rotatable bonds is 5. The lowest BCUT2D eigenvalue weighted by atomic mass is 10.1. The van der Waals surface area contributed by atoms with Crippen molar-refractivity contribution in [1.82, 2.24) is 4.90 Å². The highest BCUT2D eigenvalue weighted by Gasteiger charge is 2.32. The first-order valence-electron chi connectivity index (χ1n) is 6.78. The Kier molecular flexibility index (Phi) is 3.21. The van der Waals surface area contributed by atoms with Crippen molar-refractivity contribution in [2.24, 2.45) is 5.92 Å². The lowest BCUT2D eigenvalue weighted by molar-refractivity contribution is 0.100. The van der Waals surface area contributed by atoms with Crippen LogP contribution in [0.3, 0.4) is 0 Å². The Bertz CT molecular complexity index is 345. The van der Waals surface area contributed by atoms with Crippen LogP contribution in [0.25, 0.3) is 0 Å². The van der Waals surface area contributed by atoms with Gasteiger partial charge < -0.3 is 9.52 Å². The van der Waals surface area contributed by atoms with Crippen LogP contribution in [0.2, 0.25) is 0 Å². The summed E-state index contributed by atoms with van der Waals surface area (Å²) in [5, 5.41) is 10.1. The molecule has 1 aliphatic heterocycles. The van der Waals surface area contributed by atoms with Gasteiger partial charge in [0.2, 0.25) is 0 Å². The van der Waals surface area contributed by atoms with Gasteiger partial charge in [0.1, 0.15) is 11.9 Å². The normalized spacial score (nSPS) is 27.5. The standard InChI is InChI=1S/C14H21NO2/c16-13(14-4-2-8-17-14)9-12-3-1-7-15(12)10-11-5-6-11/h2,4,8,11-13,16H,1,3,5-7,9-10H2/t12-,13+/m1/s1. The van der Waals surface area contributed by atoms with Gasteiger partial charge in [0.15, 0.2) is 0 Å². The highest BCUT2D eigenvalue weighted by molar-refractivity contribution is 5.03. The van der Waals surface area contributed by atoms with E-state index in [1.165, 1.54) is 38.8 Å². The second-order valence-corrected chi connectivity index (χ2v) is 5.50. The van der Waals surface area contributed by atoms with Crippen LogP contribution in [0.5, 0.6) is 0 Å². The van der Waals surface area contributed by atoms with Crippen molar-refractivity contribution in [2.75, 3.05) is 13.1 Å². The minimum Gasteiger partial charge on any atom is -0.467 e. The highest BCUT2D eigenvalue weighted by atomic mass is 16.4. The molecule has 1 saturated heterocycles. The first-order chi connectivity index (χ1) is 8.33. The number of nitrogens with zero attached hydrogens (tertiary/aromatic N) is 1. The predicted molar refractivity (Wildman–Crippen MR) is 65.6 cm³/mol. The van der Waals surface area contributed by atoms with Crippen LogP contribution in [-0.4, -0.2) is 29.1 Å². The Balaban J connectivity index is 1.55. The van der Waals surface area contributed by atoms with Crippen molar-refractivity contribution < 1.29 is 9.52 Å². The molecular weight excluding hydrogens is 214 g/mol. The Hall–Kier alpha value is -0.800. The number of hydrogen-bond donors (Lipinski definition) is 1. The van der Waals surface area contributed by atoms with Gasteiger partial charge in [0.05, 0.1) is 6.26 Å². The zero-order valence-electron chi connectivity index (χ0n) is 10.2. The Labute approximate surface area is 102 Å². The van der Waals surface area contributed by atoms with Crippen molar-refractivity contribution in [3.05, 3.63) is 24.2 Å². The smallest absolute Gasteiger partial charge is 0.132 e. The molecule has 2 atom stereocenters. The zero-order chi connectivity index (χ0) is 11.7. The summed E-state index contributed by atoms with van der Waals surface area (Å²) >= 11 is 0. The first kappa shape index (κ1) is 11.3. The quantitative estimate of drug-likeness (QED) is 0.852. The average Bonchev–Trinajstić information content (AvgIpc) is 2.81. The second-order valence-electron chi connectivity index (χ2n) is 5.50. The summed E-state index contributed by atoms with van der Waals surface area (Å²) in [6, 6.07) is 4.26. The highest BCUT2D eigenvalue weighted by Crippen LogP contribution is 2.34. The molecule has 1 aliphatic carbocycles. The van der Waals surface area contributed by atoms with Gasteiger partial charge in [-0.1, -0.05) is 0 Å². The molecule has 0 spiro atoms. The van der Waals surface area contributed by atoms with Crippen molar-refractivity contribution in [3.63, 3.8) is 0 Å². The number of aliphatic hydroxyl groups excluding tert-OH is 1. The molecule has 1 N–H and O–H groups in total. The molecule has 0 radical (unpaired) electrons. The molecule has 1 aromatic rings. The SMILES string of the molecule is O[C@@H](C[C@H]1CCCN1CC1CC1)c1ccco1. The van der Waals surface area contributed by atoms with Gasteiger partial charge in [-0.05, 0) is 56.7 Å². The maximum atomic E-state index is 10.1. The van der Waals surface area contributed by atoms with Gasteiger partial charge in [0.25, 0.3) is 0 Å². The van der Waals surface area contributed by atoms with Crippen LogP contribution in [-0.2, 0) is 0 Å². The maximum absolute atomic E-state index is 10.1. The van der Waals surface area contributed by atoms with E-state index in [0.29, 0.717) is 11.8 Å². The van der Waals surface area contributed by atoms with E-state index < -0.39 is 6.10 Å². The van der Waals surface area contributed by atoms with Gasteiger partial charge in [-0.25, -0.2) is 0 Å². The summed E-state index contributed by atoms with van der Waals surface area (Å²) in [5.74, 6) is 1.65. The van der Waals surface area contributed by atoms with E-state index in [1.807, 2.05) is 12.1 Å². The minimum atomic E-state index is -0.435. The average molecular weight is 235 g/mol. The molecule has 17 heavy (non-hydrogen) atoms. The summed E-state index contributed by atoms with van der Waals surface area (Å²) in [7, 11) is 0. The van der Waals surface area contributed by atoms with Crippen LogP contribution >= 0.6 is 0 Å². The summed E-state index contributed by atoms with van der Waals surface area (Å²) in [6.07, 6.45) is 7.34. The fourth-order valence-corrected chi connectivity index (χ4v) is 2.89. The summed E-state index contributed by atoms with van der Waals surface area (Å²) in [4.78, 5) is 2.57. The molecule has 3 nitrogen and oxygen atoms in total. The minimum absolute atomic E-state index is 0.435. The molecule has 0 bridgehead atoms. The Morgan fingerprint density at radius 2 is 2.29 bits per heavy atom. The zero-order valence-corrected chi connectivity index (χ0v) is 10.2. The summed E-state index contributed by atoms with van der Waals surface area (Å²) in [5.41, 5.74) is 0.